The third kappa shape index (κ3) is 2.85. The molecule has 4 rings (SSSR count). The van der Waals surface area contributed by atoms with Gasteiger partial charge >= 0.3 is 0 Å². The fraction of sp³-hybridized carbons (Fsp3) is 0.312. The lowest BCUT2D eigenvalue weighted by molar-refractivity contribution is 0.479. The normalized spacial score (nSPS) is 18.2. The number of rotatable bonds is 3. The van der Waals surface area contributed by atoms with Gasteiger partial charge in [-0.25, -0.2) is 9.97 Å². The van der Waals surface area contributed by atoms with Gasteiger partial charge in [0.25, 0.3) is 5.56 Å². The summed E-state index contributed by atoms with van der Waals surface area (Å²) >= 11 is 1.51. The molecule has 7 heteroatoms. The molecule has 1 aliphatic heterocycles. The van der Waals surface area contributed by atoms with Crippen LogP contribution in [-0.4, -0.2) is 34.1 Å². The molecule has 1 aromatic carbocycles. The lowest BCUT2D eigenvalue weighted by Crippen LogP contribution is -2.39. The van der Waals surface area contributed by atoms with E-state index >= 15 is 0 Å². The number of fused-ring (bicyclic) bond motifs is 1. The van der Waals surface area contributed by atoms with Crippen molar-refractivity contribution >= 4 is 27.4 Å². The van der Waals surface area contributed by atoms with Gasteiger partial charge in [-0.3, -0.25) is 4.79 Å². The Bertz CT molecular complexity index is 848. The maximum absolute atomic E-state index is 12.4. The highest BCUT2D eigenvalue weighted by Gasteiger charge is 2.19. The number of aromatic amines is 1. The SMILES string of the molecule is O=c1[nH]cnc(NC2CCCNC2)c1-c1nc2ccccc2s1. The standard InChI is InChI=1S/C16H17N5OS/c22-15-13(16-21-11-5-1-2-6-12(11)23-16)14(18-9-19-15)20-10-4-3-7-17-8-10/h1-2,5-6,9-10,17H,3-4,7-8H2,(H2,18,19,20,22). The van der Waals surface area contributed by atoms with Crippen LogP contribution in [0.3, 0.4) is 0 Å². The predicted molar refractivity (Wildman–Crippen MR) is 93.0 cm³/mol. The average Bonchev–Trinajstić information content (AvgIpc) is 2.99. The molecule has 23 heavy (non-hydrogen) atoms. The van der Waals surface area contributed by atoms with Crippen LogP contribution in [0.5, 0.6) is 0 Å². The smallest absolute Gasteiger partial charge is 0.263 e. The van der Waals surface area contributed by atoms with E-state index in [0.29, 0.717) is 16.4 Å². The Balaban J connectivity index is 1.76. The van der Waals surface area contributed by atoms with Crippen molar-refractivity contribution in [2.45, 2.75) is 18.9 Å². The second-order valence-corrected chi connectivity index (χ2v) is 6.66. The van der Waals surface area contributed by atoms with E-state index in [1.807, 2.05) is 24.3 Å². The first-order valence-electron chi connectivity index (χ1n) is 7.72. The van der Waals surface area contributed by atoms with Gasteiger partial charge in [0.15, 0.2) is 0 Å². The Labute approximate surface area is 137 Å². The molecular weight excluding hydrogens is 310 g/mol. The van der Waals surface area contributed by atoms with E-state index in [4.69, 9.17) is 0 Å². The molecule has 1 atom stereocenters. The average molecular weight is 327 g/mol. The molecular formula is C16H17N5OS. The maximum atomic E-state index is 12.4. The molecule has 6 nitrogen and oxygen atoms in total. The van der Waals surface area contributed by atoms with Gasteiger partial charge in [-0.1, -0.05) is 12.1 Å². The van der Waals surface area contributed by atoms with Gasteiger partial charge in [0.1, 0.15) is 16.4 Å². The summed E-state index contributed by atoms with van der Waals surface area (Å²) in [5, 5.41) is 7.47. The molecule has 118 valence electrons. The minimum atomic E-state index is -0.162. The van der Waals surface area contributed by atoms with Crippen LogP contribution in [0.4, 0.5) is 5.82 Å². The Kier molecular flexibility index (Phi) is 3.80. The number of H-pyrrole nitrogens is 1. The van der Waals surface area contributed by atoms with Crippen LogP contribution in [0.15, 0.2) is 35.4 Å². The Morgan fingerprint density at radius 2 is 2.22 bits per heavy atom. The number of piperidine rings is 1. The van der Waals surface area contributed by atoms with E-state index in [-0.39, 0.29) is 11.6 Å². The van der Waals surface area contributed by atoms with Crippen molar-refractivity contribution in [1.82, 2.24) is 20.3 Å². The van der Waals surface area contributed by atoms with Crippen molar-refractivity contribution in [3.05, 3.63) is 40.9 Å². The van der Waals surface area contributed by atoms with Crippen LogP contribution >= 0.6 is 11.3 Å². The zero-order chi connectivity index (χ0) is 15.6. The topological polar surface area (TPSA) is 82.7 Å². The number of hydrogen-bond donors (Lipinski definition) is 3. The van der Waals surface area contributed by atoms with Crippen LogP contribution in [0, 0.1) is 0 Å². The molecule has 3 aromatic rings. The Morgan fingerprint density at radius 1 is 1.30 bits per heavy atom. The molecule has 2 aromatic heterocycles. The summed E-state index contributed by atoms with van der Waals surface area (Å²) in [6, 6.07) is 8.18. The number of nitrogens with one attached hydrogen (secondary N) is 3. The van der Waals surface area contributed by atoms with Crippen molar-refractivity contribution in [2.24, 2.45) is 0 Å². The van der Waals surface area contributed by atoms with E-state index in [9.17, 15) is 4.79 Å². The first-order chi connectivity index (χ1) is 11.3. The molecule has 1 saturated heterocycles. The third-order valence-corrected chi connectivity index (χ3v) is 5.05. The summed E-state index contributed by atoms with van der Waals surface area (Å²) in [6.45, 7) is 1.93. The fourth-order valence-electron chi connectivity index (χ4n) is 2.86. The fourth-order valence-corrected chi connectivity index (χ4v) is 3.86. The molecule has 0 saturated carbocycles. The highest BCUT2D eigenvalue weighted by molar-refractivity contribution is 7.21. The monoisotopic (exact) mass is 327 g/mol. The second-order valence-electron chi connectivity index (χ2n) is 5.63. The van der Waals surface area contributed by atoms with Crippen LogP contribution < -0.4 is 16.2 Å². The maximum Gasteiger partial charge on any atom is 0.263 e. The van der Waals surface area contributed by atoms with Crippen molar-refractivity contribution in [3.63, 3.8) is 0 Å². The molecule has 0 bridgehead atoms. The molecule has 3 N–H and O–H groups in total. The number of hydrogen-bond acceptors (Lipinski definition) is 6. The van der Waals surface area contributed by atoms with Gasteiger partial charge in [0, 0.05) is 12.6 Å². The lowest BCUT2D eigenvalue weighted by Gasteiger charge is -2.24. The molecule has 0 amide bonds. The van der Waals surface area contributed by atoms with E-state index < -0.39 is 0 Å². The Hall–Kier alpha value is -2.25. The third-order valence-electron chi connectivity index (χ3n) is 4.00. The summed E-state index contributed by atoms with van der Waals surface area (Å²) in [5.41, 5.74) is 1.27. The largest absolute Gasteiger partial charge is 0.365 e. The molecule has 3 heterocycles. The number of anilines is 1. The first-order valence-corrected chi connectivity index (χ1v) is 8.54. The van der Waals surface area contributed by atoms with Crippen LogP contribution in [0.2, 0.25) is 0 Å². The van der Waals surface area contributed by atoms with Crippen LogP contribution in [-0.2, 0) is 0 Å². The second kappa shape index (κ2) is 6.10. The van der Waals surface area contributed by atoms with Gasteiger partial charge in [0.05, 0.1) is 16.5 Å². The molecule has 0 spiro atoms. The zero-order valence-corrected chi connectivity index (χ0v) is 13.3. The molecule has 1 aliphatic rings. The van der Waals surface area contributed by atoms with Crippen molar-refractivity contribution in [1.29, 1.82) is 0 Å². The van der Waals surface area contributed by atoms with Crippen molar-refractivity contribution in [3.8, 4) is 10.6 Å². The first kappa shape index (κ1) is 14.3. The van der Waals surface area contributed by atoms with Gasteiger partial charge in [-0.2, -0.15) is 0 Å². The summed E-state index contributed by atoms with van der Waals surface area (Å²) in [6.07, 6.45) is 3.63. The predicted octanol–water partition coefficient (Wildman–Crippen LogP) is 2.21. The number of nitrogens with zero attached hydrogens (tertiary/aromatic N) is 2. The molecule has 1 fully saturated rings. The van der Waals surface area contributed by atoms with Crippen molar-refractivity contribution in [2.75, 3.05) is 18.4 Å². The number of thiazole rings is 1. The zero-order valence-electron chi connectivity index (χ0n) is 12.5. The minimum absolute atomic E-state index is 0.162. The summed E-state index contributed by atoms with van der Waals surface area (Å²) in [4.78, 5) is 24.0. The van der Waals surface area contributed by atoms with Crippen LogP contribution in [0.1, 0.15) is 12.8 Å². The quantitative estimate of drug-likeness (QED) is 0.687. The van der Waals surface area contributed by atoms with E-state index in [1.165, 1.54) is 17.7 Å². The number of aromatic nitrogens is 3. The molecule has 1 unspecified atom stereocenters. The lowest BCUT2D eigenvalue weighted by atomic mass is 10.1. The highest BCUT2D eigenvalue weighted by Crippen LogP contribution is 2.31. The van der Waals surface area contributed by atoms with E-state index in [2.05, 4.69) is 25.6 Å². The molecule has 0 radical (unpaired) electrons. The van der Waals surface area contributed by atoms with Crippen LogP contribution in [0.25, 0.3) is 20.8 Å². The molecule has 0 aliphatic carbocycles. The van der Waals surface area contributed by atoms with Gasteiger partial charge in [0.2, 0.25) is 0 Å². The highest BCUT2D eigenvalue weighted by atomic mass is 32.1. The number of para-hydroxylation sites is 1. The van der Waals surface area contributed by atoms with Gasteiger partial charge in [-0.05, 0) is 31.5 Å². The van der Waals surface area contributed by atoms with E-state index in [1.54, 1.807) is 0 Å². The van der Waals surface area contributed by atoms with E-state index in [0.717, 1.165) is 36.1 Å². The summed E-state index contributed by atoms with van der Waals surface area (Å²) in [7, 11) is 0. The van der Waals surface area contributed by atoms with Crippen molar-refractivity contribution < 1.29 is 0 Å². The Morgan fingerprint density at radius 3 is 3.04 bits per heavy atom. The summed E-state index contributed by atoms with van der Waals surface area (Å²) in [5.74, 6) is 0.613. The summed E-state index contributed by atoms with van der Waals surface area (Å²) < 4.78 is 1.07. The van der Waals surface area contributed by atoms with Gasteiger partial charge < -0.3 is 15.6 Å². The number of benzene rings is 1. The van der Waals surface area contributed by atoms with Gasteiger partial charge in [-0.15, -0.1) is 11.3 Å². The minimum Gasteiger partial charge on any atom is -0.365 e.